The summed E-state index contributed by atoms with van der Waals surface area (Å²) in [6.45, 7) is 6.70. The summed E-state index contributed by atoms with van der Waals surface area (Å²) in [6.07, 6.45) is 8.19. The molecule has 0 spiro atoms. The fourth-order valence-corrected chi connectivity index (χ4v) is 5.08. The van der Waals surface area contributed by atoms with E-state index in [2.05, 4.69) is 56.5 Å². The number of nitrogen functional groups attached to an aromatic ring is 1. The predicted molar refractivity (Wildman–Crippen MR) is 126 cm³/mol. The van der Waals surface area contributed by atoms with Crippen molar-refractivity contribution in [2.45, 2.75) is 65.7 Å². The largest absolute Gasteiger partial charge is 0.398 e. The van der Waals surface area contributed by atoms with Crippen molar-refractivity contribution in [2.75, 3.05) is 5.73 Å². The third-order valence-corrected chi connectivity index (χ3v) is 6.98. The van der Waals surface area contributed by atoms with Gasteiger partial charge >= 0.3 is 0 Å². The van der Waals surface area contributed by atoms with Crippen LogP contribution < -0.4 is 5.73 Å². The molecule has 0 aliphatic heterocycles. The van der Waals surface area contributed by atoms with Gasteiger partial charge in [0.25, 0.3) is 0 Å². The van der Waals surface area contributed by atoms with Gasteiger partial charge < -0.3 is 5.73 Å². The van der Waals surface area contributed by atoms with Crippen LogP contribution in [0.1, 0.15) is 65.9 Å². The molecule has 2 aromatic carbocycles. The van der Waals surface area contributed by atoms with Crippen molar-refractivity contribution in [3.8, 4) is 11.3 Å². The molecular formula is C26H32N2S. The van der Waals surface area contributed by atoms with Crippen LogP contribution in [0.4, 0.5) is 5.69 Å². The first kappa shape index (κ1) is 20.2. The Morgan fingerprint density at radius 3 is 2.62 bits per heavy atom. The Balaban J connectivity index is 1.54. The molecule has 4 rings (SSSR count). The van der Waals surface area contributed by atoms with Gasteiger partial charge in [0.05, 0.1) is 10.7 Å². The molecule has 152 valence electrons. The molecule has 0 atom stereocenters. The summed E-state index contributed by atoms with van der Waals surface area (Å²) in [4.78, 5) is 4.98. The molecule has 1 aliphatic rings. The van der Waals surface area contributed by atoms with Crippen LogP contribution in [-0.4, -0.2) is 4.98 Å². The second kappa shape index (κ2) is 8.71. The number of thiazole rings is 1. The first-order chi connectivity index (χ1) is 14.0. The van der Waals surface area contributed by atoms with Gasteiger partial charge in [-0.05, 0) is 91.3 Å². The topological polar surface area (TPSA) is 38.9 Å². The zero-order valence-electron chi connectivity index (χ0n) is 17.9. The number of nitrogens with two attached hydrogens (primary N) is 1. The highest BCUT2D eigenvalue weighted by atomic mass is 32.1. The van der Waals surface area contributed by atoms with Crippen LogP contribution in [0.15, 0.2) is 35.7 Å². The van der Waals surface area contributed by atoms with Gasteiger partial charge in [0.2, 0.25) is 0 Å². The Bertz CT molecular complexity index is 1000. The van der Waals surface area contributed by atoms with E-state index in [0.29, 0.717) is 5.92 Å². The van der Waals surface area contributed by atoms with Crippen molar-refractivity contribution < 1.29 is 0 Å². The minimum absolute atomic E-state index is 0.692. The van der Waals surface area contributed by atoms with Gasteiger partial charge in [-0.1, -0.05) is 32.0 Å². The first-order valence-electron chi connectivity index (χ1n) is 10.9. The maximum absolute atomic E-state index is 6.29. The van der Waals surface area contributed by atoms with Crippen LogP contribution in [0.3, 0.4) is 0 Å². The van der Waals surface area contributed by atoms with Gasteiger partial charge in [-0.3, -0.25) is 0 Å². The zero-order valence-corrected chi connectivity index (χ0v) is 18.7. The monoisotopic (exact) mass is 404 g/mol. The van der Waals surface area contributed by atoms with Crippen LogP contribution in [0.5, 0.6) is 0 Å². The van der Waals surface area contributed by atoms with Crippen molar-refractivity contribution in [1.82, 2.24) is 4.98 Å². The quantitative estimate of drug-likeness (QED) is 0.461. The molecule has 0 unspecified atom stereocenters. The Morgan fingerprint density at radius 1 is 1.03 bits per heavy atom. The van der Waals surface area contributed by atoms with Crippen LogP contribution >= 0.6 is 11.3 Å². The molecule has 1 aliphatic carbocycles. The molecule has 2 nitrogen and oxygen atoms in total. The molecular weight excluding hydrogens is 372 g/mol. The highest BCUT2D eigenvalue weighted by Crippen LogP contribution is 2.30. The maximum Gasteiger partial charge on any atom is 0.0976 e. The summed E-state index contributed by atoms with van der Waals surface area (Å²) in [7, 11) is 0. The molecule has 0 bridgehead atoms. The van der Waals surface area contributed by atoms with Gasteiger partial charge in [-0.25, -0.2) is 4.98 Å². The summed E-state index contributed by atoms with van der Waals surface area (Å²) in [5.41, 5.74) is 16.6. The minimum Gasteiger partial charge on any atom is -0.398 e. The zero-order chi connectivity index (χ0) is 20.4. The highest BCUT2D eigenvalue weighted by Gasteiger charge is 2.13. The van der Waals surface area contributed by atoms with Crippen molar-refractivity contribution >= 4 is 17.0 Å². The van der Waals surface area contributed by atoms with Gasteiger partial charge in [0.1, 0.15) is 0 Å². The Morgan fingerprint density at radius 2 is 1.83 bits per heavy atom. The summed E-state index contributed by atoms with van der Waals surface area (Å²) in [5.74, 6) is 0.692. The van der Waals surface area contributed by atoms with Crippen LogP contribution in [0, 0.1) is 12.8 Å². The third-order valence-electron chi connectivity index (χ3n) is 6.13. The highest BCUT2D eigenvalue weighted by molar-refractivity contribution is 7.10. The predicted octanol–water partition coefficient (Wildman–Crippen LogP) is 6.76. The van der Waals surface area contributed by atoms with Crippen LogP contribution in [0.2, 0.25) is 0 Å². The summed E-state index contributed by atoms with van der Waals surface area (Å²) >= 11 is 1.77. The van der Waals surface area contributed by atoms with Crippen molar-refractivity contribution in [3.05, 3.63) is 68.5 Å². The number of aromatic nitrogens is 1. The molecule has 3 heteroatoms. The fraction of sp³-hybridized carbons (Fsp3) is 0.423. The summed E-state index contributed by atoms with van der Waals surface area (Å²) in [6, 6.07) is 11.4. The van der Waals surface area contributed by atoms with E-state index in [0.717, 1.165) is 24.2 Å². The minimum atomic E-state index is 0.692. The van der Waals surface area contributed by atoms with Crippen LogP contribution in [-0.2, 0) is 25.7 Å². The van der Waals surface area contributed by atoms with Gasteiger partial charge in [0.15, 0.2) is 0 Å². The average molecular weight is 405 g/mol. The van der Waals surface area contributed by atoms with E-state index < -0.39 is 0 Å². The molecule has 0 fully saturated rings. The molecule has 0 amide bonds. The number of hydrogen-bond acceptors (Lipinski definition) is 3. The first-order valence-corrected chi connectivity index (χ1v) is 11.8. The molecule has 0 saturated heterocycles. The molecule has 0 radical (unpaired) electrons. The summed E-state index contributed by atoms with van der Waals surface area (Å²) in [5, 5.41) is 3.40. The molecule has 1 heterocycles. The molecule has 2 N–H and O–H groups in total. The second-order valence-corrected chi connectivity index (χ2v) is 9.85. The summed E-state index contributed by atoms with van der Waals surface area (Å²) < 4.78 is 0. The van der Waals surface area contributed by atoms with Crippen LogP contribution in [0.25, 0.3) is 11.3 Å². The van der Waals surface area contributed by atoms with Gasteiger partial charge in [-0.2, -0.15) is 0 Å². The number of benzene rings is 2. The molecule has 3 aromatic rings. The number of fused-ring (bicyclic) bond motifs is 1. The fourth-order valence-electron chi connectivity index (χ4n) is 4.26. The second-order valence-electron chi connectivity index (χ2n) is 8.90. The van der Waals surface area contributed by atoms with E-state index >= 15 is 0 Å². The third kappa shape index (κ3) is 4.72. The molecule has 1 aromatic heterocycles. The van der Waals surface area contributed by atoms with E-state index in [9.17, 15) is 0 Å². The van der Waals surface area contributed by atoms with E-state index in [-0.39, 0.29) is 0 Å². The lowest BCUT2D eigenvalue weighted by molar-refractivity contribution is 0.587. The SMILES string of the molecule is Cc1cc(N)c(CCC(C)C)cc1Cc1nc(-c2ccc3c(c2)CCCC3)cs1. The van der Waals surface area contributed by atoms with E-state index in [1.165, 1.54) is 70.5 Å². The lowest BCUT2D eigenvalue weighted by Gasteiger charge is -2.16. The van der Waals surface area contributed by atoms with E-state index in [1.807, 2.05) is 0 Å². The number of hydrogen-bond donors (Lipinski definition) is 1. The van der Waals surface area contributed by atoms with Crippen molar-refractivity contribution in [1.29, 1.82) is 0 Å². The normalized spacial score (nSPS) is 13.7. The molecule has 29 heavy (non-hydrogen) atoms. The Kier molecular flexibility index (Phi) is 6.05. The Hall–Kier alpha value is -2.13. The lowest BCUT2D eigenvalue weighted by atomic mass is 9.90. The number of anilines is 1. The van der Waals surface area contributed by atoms with Gasteiger partial charge in [-0.15, -0.1) is 11.3 Å². The standard InChI is InChI=1S/C26H32N2S/c1-17(2)8-9-21-14-23(18(3)12-24(21)27)15-26-28-25(16-29-26)22-11-10-19-6-4-5-7-20(19)13-22/h10-14,16-17H,4-9,15,27H2,1-3H3. The lowest BCUT2D eigenvalue weighted by Crippen LogP contribution is -2.02. The average Bonchev–Trinajstić information content (AvgIpc) is 3.17. The smallest absolute Gasteiger partial charge is 0.0976 e. The Labute approximate surface area is 179 Å². The van der Waals surface area contributed by atoms with E-state index in [1.54, 1.807) is 11.3 Å². The van der Waals surface area contributed by atoms with Gasteiger partial charge in [0, 0.05) is 23.1 Å². The number of aryl methyl sites for hydroxylation is 4. The maximum atomic E-state index is 6.29. The number of nitrogens with zero attached hydrogens (tertiary/aromatic N) is 1. The van der Waals surface area contributed by atoms with Crippen molar-refractivity contribution in [2.24, 2.45) is 5.92 Å². The number of rotatable bonds is 6. The van der Waals surface area contributed by atoms with Crippen molar-refractivity contribution in [3.63, 3.8) is 0 Å². The van der Waals surface area contributed by atoms with E-state index in [4.69, 9.17) is 10.7 Å². The molecule has 0 saturated carbocycles.